The Balaban J connectivity index is 3.27. The van der Waals surface area contributed by atoms with E-state index >= 15 is 0 Å². The number of nitrogens with one attached hydrogen (secondary N) is 1. The van der Waals surface area contributed by atoms with Crippen LogP contribution in [0.2, 0.25) is 0 Å². The minimum atomic E-state index is -3.89. The molecule has 1 aromatic carbocycles. The van der Waals surface area contributed by atoms with Gasteiger partial charge in [0.1, 0.15) is 0 Å². The Morgan fingerprint density at radius 3 is 2.72 bits per heavy atom. The summed E-state index contributed by atoms with van der Waals surface area (Å²) in [4.78, 5) is 11.2. The van der Waals surface area contributed by atoms with Crippen molar-refractivity contribution in [2.75, 3.05) is 26.0 Å². The number of esters is 1. The summed E-state index contributed by atoms with van der Waals surface area (Å²) in [6.07, 6.45) is 0. The molecule has 0 amide bonds. The van der Waals surface area contributed by atoms with Crippen LogP contribution in [0.5, 0.6) is 0 Å². The average Bonchev–Trinajstić information content (AvgIpc) is 2.35. The van der Waals surface area contributed by atoms with Crippen molar-refractivity contribution in [3.05, 3.63) is 23.8 Å². The number of anilines is 1. The molecule has 7 nitrogen and oxygen atoms in total. The smallest absolute Gasteiger partial charge is 0.339 e. The lowest BCUT2D eigenvalue weighted by Crippen LogP contribution is -2.28. The van der Waals surface area contributed by atoms with Gasteiger partial charge in [-0.15, -0.1) is 0 Å². The number of nitrogens with two attached hydrogens (primary N) is 1. The van der Waals surface area contributed by atoms with Crippen LogP contribution in [0.25, 0.3) is 0 Å². The number of aliphatic hydroxyl groups is 1. The summed E-state index contributed by atoms with van der Waals surface area (Å²) >= 11 is 0. The van der Waals surface area contributed by atoms with E-state index in [-0.39, 0.29) is 29.3 Å². The third-order valence-corrected chi connectivity index (χ3v) is 3.62. The molecule has 0 aliphatic carbocycles. The Bertz CT molecular complexity index is 541. The van der Waals surface area contributed by atoms with Gasteiger partial charge in [0, 0.05) is 12.2 Å². The van der Waals surface area contributed by atoms with Gasteiger partial charge in [-0.3, -0.25) is 0 Å². The van der Waals surface area contributed by atoms with Crippen LogP contribution in [0, 0.1) is 0 Å². The van der Waals surface area contributed by atoms with Gasteiger partial charge in [0.2, 0.25) is 10.0 Å². The zero-order valence-electron chi connectivity index (χ0n) is 9.71. The molecule has 0 fully saturated rings. The molecule has 0 saturated heterocycles. The molecule has 0 aromatic heterocycles. The second-order valence-electron chi connectivity index (χ2n) is 3.37. The normalized spacial score (nSPS) is 11.2. The lowest BCUT2D eigenvalue weighted by atomic mass is 10.2. The number of ether oxygens (including phenoxy) is 1. The molecule has 8 heteroatoms. The Morgan fingerprint density at radius 2 is 2.17 bits per heavy atom. The minimum absolute atomic E-state index is 0.146. The van der Waals surface area contributed by atoms with E-state index in [2.05, 4.69) is 9.46 Å². The topological polar surface area (TPSA) is 119 Å². The van der Waals surface area contributed by atoms with Crippen molar-refractivity contribution >= 4 is 21.7 Å². The van der Waals surface area contributed by atoms with Crippen molar-refractivity contribution in [2.24, 2.45) is 0 Å². The summed E-state index contributed by atoms with van der Waals surface area (Å²) in [5, 5.41) is 8.61. The molecule has 0 radical (unpaired) electrons. The fourth-order valence-electron chi connectivity index (χ4n) is 1.31. The van der Waals surface area contributed by atoms with Crippen LogP contribution < -0.4 is 10.5 Å². The molecule has 0 atom stereocenters. The number of carbonyl (C=O) groups is 1. The number of rotatable bonds is 5. The van der Waals surface area contributed by atoms with Gasteiger partial charge in [-0.05, 0) is 18.2 Å². The molecule has 18 heavy (non-hydrogen) atoms. The van der Waals surface area contributed by atoms with Crippen molar-refractivity contribution in [2.45, 2.75) is 4.90 Å². The number of hydrogen-bond donors (Lipinski definition) is 3. The van der Waals surface area contributed by atoms with Crippen LogP contribution in [-0.2, 0) is 14.8 Å². The van der Waals surface area contributed by atoms with Crippen LogP contribution in [-0.4, -0.2) is 39.8 Å². The summed E-state index contributed by atoms with van der Waals surface area (Å²) in [5.41, 5.74) is 5.60. The first-order valence-electron chi connectivity index (χ1n) is 5.00. The van der Waals surface area contributed by atoms with Gasteiger partial charge < -0.3 is 15.6 Å². The molecule has 0 aliphatic heterocycles. The SMILES string of the molecule is COC(=O)c1cc(N)ccc1S(=O)(=O)NCCO. The van der Waals surface area contributed by atoms with E-state index in [9.17, 15) is 13.2 Å². The summed E-state index contributed by atoms with van der Waals surface area (Å²) in [5.74, 6) is -0.799. The van der Waals surface area contributed by atoms with Gasteiger partial charge in [0.15, 0.2) is 0 Å². The number of methoxy groups -OCH3 is 1. The Kier molecular flexibility index (Phi) is 4.65. The second kappa shape index (κ2) is 5.80. The van der Waals surface area contributed by atoms with E-state index in [4.69, 9.17) is 10.8 Å². The first-order valence-corrected chi connectivity index (χ1v) is 6.49. The van der Waals surface area contributed by atoms with Crippen LogP contribution in [0.15, 0.2) is 23.1 Å². The van der Waals surface area contributed by atoms with Crippen molar-refractivity contribution in [1.29, 1.82) is 0 Å². The molecule has 0 unspecified atom stereocenters. The van der Waals surface area contributed by atoms with Crippen molar-refractivity contribution in [3.63, 3.8) is 0 Å². The van der Waals surface area contributed by atoms with E-state index in [1.807, 2.05) is 0 Å². The molecule has 0 aliphatic rings. The monoisotopic (exact) mass is 274 g/mol. The zero-order valence-corrected chi connectivity index (χ0v) is 10.5. The summed E-state index contributed by atoms with van der Waals surface area (Å²) in [7, 11) is -2.75. The zero-order chi connectivity index (χ0) is 13.8. The first kappa shape index (κ1) is 14.4. The molecule has 4 N–H and O–H groups in total. The van der Waals surface area contributed by atoms with Crippen LogP contribution in [0.4, 0.5) is 5.69 Å². The fraction of sp³-hybridized carbons (Fsp3) is 0.300. The summed E-state index contributed by atoms with van der Waals surface area (Å²) < 4.78 is 30.4. The summed E-state index contributed by atoms with van der Waals surface area (Å²) in [6.45, 7) is -0.491. The number of carbonyl (C=O) groups excluding carboxylic acids is 1. The van der Waals surface area contributed by atoms with Gasteiger partial charge in [0.05, 0.1) is 24.2 Å². The van der Waals surface area contributed by atoms with Gasteiger partial charge in [-0.2, -0.15) is 0 Å². The maximum Gasteiger partial charge on any atom is 0.339 e. The highest BCUT2D eigenvalue weighted by Crippen LogP contribution is 2.19. The Labute approximate surface area is 105 Å². The lowest BCUT2D eigenvalue weighted by Gasteiger charge is -2.10. The molecule has 1 rings (SSSR count). The fourth-order valence-corrected chi connectivity index (χ4v) is 2.50. The van der Waals surface area contributed by atoms with Crippen LogP contribution in [0.3, 0.4) is 0 Å². The highest BCUT2D eigenvalue weighted by Gasteiger charge is 2.22. The molecular formula is C10H14N2O5S. The Hall–Kier alpha value is -1.64. The van der Waals surface area contributed by atoms with Crippen molar-refractivity contribution in [3.8, 4) is 0 Å². The van der Waals surface area contributed by atoms with Crippen molar-refractivity contribution in [1.82, 2.24) is 4.72 Å². The highest BCUT2D eigenvalue weighted by molar-refractivity contribution is 7.89. The average molecular weight is 274 g/mol. The van der Waals surface area contributed by atoms with Gasteiger partial charge in [0.25, 0.3) is 0 Å². The highest BCUT2D eigenvalue weighted by atomic mass is 32.2. The van der Waals surface area contributed by atoms with Crippen molar-refractivity contribution < 1.29 is 23.1 Å². The lowest BCUT2D eigenvalue weighted by molar-refractivity contribution is 0.0596. The maximum atomic E-state index is 11.9. The third-order valence-electron chi connectivity index (χ3n) is 2.10. The number of hydrogen-bond acceptors (Lipinski definition) is 6. The van der Waals surface area contributed by atoms with E-state index < -0.39 is 16.0 Å². The van der Waals surface area contributed by atoms with E-state index in [0.29, 0.717) is 0 Å². The molecule has 100 valence electrons. The number of benzene rings is 1. The molecule has 0 heterocycles. The number of aliphatic hydroxyl groups excluding tert-OH is 1. The second-order valence-corrected chi connectivity index (χ2v) is 5.10. The molecule has 0 saturated carbocycles. The van der Waals surface area contributed by atoms with E-state index in [0.717, 1.165) is 7.11 Å². The standard InChI is InChI=1S/C10H14N2O5S/c1-17-10(14)8-6-7(11)2-3-9(8)18(15,16)12-4-5-13/h2-3,6,12-13H,4-5,11H2,1H3. The van der Waals surface area contributed by atoms with Gasteiger partial charge in [-0.1, -0.05) is 0 Å². The largest absolute Gasteiger partial charge is 0.465 e. The number of nitrogen functional groups attached to an aromatic ring is 1. The Morgan fingerprint density at radius 1 is 1.50 bits per heavy atom. The van der Waals surface area contributed by atoms with Crippen LogP contribution in [0.1, 0.15) is 10.4 Å². The molecule has 1 aromatic rings. The molecule has 0 spiro atoms. The van der Waals surface area contributed by atoms with Gasteiger partial charge >= 0.3 is 5.97 Å². The minimum Gasteiger partial charge on any atom is -0.465 e. The maximum absolute atomic E-state index is 11.9. The summed E-state index contributed by atoms with van der Waals surface area (Å²) in [6, 6.07) is 3.79. The van der Waals surface area contributed by atoms with E-state index in [1.54, 1.807) is 0 Å². The first-order chi connectivity index (χ1) is 8.42. The van der Waals surface area contributed by atoms with E-state index in [1.165, 1.54) is 18.2 Å². The molecule has 0 bridgehead atoms. The third kappa shape index (κ3) is 3.19. The molecular weight excluding hydrogens is 260 g/mol. The van der Waals surface area contributed by atoms with Gasteiger partial charge in [-0.25, -0.2) is 17.9 Å². The number of sulfonamides is 1. The predicted octanol–water partition coefficient (Wildman–Crippen LogP) is -0.674. The quantitative estimate of drug-likeness (QED) is 0.484. The van der Waals surface area contributed by atoms with Crippen LogP contribution >= 0.6 is 0 Å². The predicted molar refractivity (Wildman–Crippen MR) is 64.5 cm³/mol.